The van der Waals surface area contributed by atoms with E-state index in [2.05, 4.69) is 10.6 Å². The van der Waals surface area contributed by atoms with Crippen molar-refractivity contribution in [2.45, 2.75) is 26.4 Å². The van der Waals surface area contributed by atoms with E-state index in [-0.39, 0.29) is 17.4 Å². The summed E-state index contributed by atoms with van der Waals surface area (Å²) in [5.41, 5.74) is 0.822. The monoisotopic (exact) mass is 358 g/mol. The van der Waals surface area contributed by atoms with Gasteiger partial charge in [-0.05, 0) is 35.7 Å². The molecule has 26 heavy (non-hydrogen) atoms. The summed E-state index contributed by atoms with van der Waals surface area (Å²) in [6.07, 6.45) is 0. The molecule has 0 bridgehead atoms. The molecule has 5 nitrogen and oxygen atoms in total. The maximum Gasteiger partial charge on any atom is 0.254 e. The number of hydrogen-bond donors (Lipinski definition) is 2. The highest BCUT2D eigenvalue weighted by atomic mass is 19.1. The van der Waals surface area contributed by atoms with Gasteiger partial charge in [0, 0.05) is 6.54 Å². The molecule has 6 heteroatoms. The minimum atomic E-state index is -0.764. The van der Waals surface area contributed by atoms with Crippen LogP contribution in [-0.4, -0.2) is 25.0 Å². The summed E-state index contributed by atoms with van der Waals surface area (Å²) in [5.74, 6) is -0.966. The van der Waals surface area contributed by atoms with E-state index in [0.29, 0.717) is 6.54 Å². The number of hydrogen-bond acceptors (Lipinski definition) is 3. The fraction of sp³-hybridized carbons (Fsp3) is 0.300. The summed E-state index contributed by atoms with van der Waals surface area (Å²) < 4.78 is 18.8. The minimum absolute atomic E-state index is 0.0823. The number of benzene rings is 2. The Morgan fingerprint density at radius 1 is 1.08 bits per heavy atom. The molecule has 0 aliphatic carbocycles. The summed E-state index contributed by atoms with van der Waals surface area (Å²) in [5, 5.41) is 5.42. The number of carbonyl (C=O) groups excluding carboxylic acids is 2. The lowest BCUT2D eigenvalue weighted by molar-refractivity contribution is -0.124. The lowest BCUT2D eigenvalue weighted by Crippen LogP contribution is -2.49. The normalized spacial score (nSPS) is 11.7. The predicted molar refractivity (Wildman–Crippen MR) is 97.3 cm³/mol. The first-order valence-electron chi connectivity index (χ1n) is 8.38. The van der Waals surface area contributed by atoms with Crippen LogP contribution in [0.1, 0.15) is 29.8 Å². The van der Waals surface area contributed by atoms with Gasteiger partial charge in [0.1, 0.15) is 17.6 Å². The van der Waals surface area contributed by atoms with Crippen molar-refractivity contribution < 1.29 is 18.7 Å². The van der Waals surface area contributed by atoms with Gasteiger partial charge < -0.3 is 15.4 Å². The first kappa shape index (κ1) is 19.4. The summed E-state index contributed by atoms with van der Waals surface area (Å²) >= 11 is 0. The van der Waals surface area contributed by atoms with Gasteiger partial charge in [-0.25, -0.2) is 4.39 Å². The topological polar surface area (TPSA) is 67.4 Å². The molecule has 0 saturated heterocycles. The fourth-order valence-electron chi connectivity index (χ4n) is 2.44. The van der Waals surface area contributed by atoms with E-state index in [0.717, 1.165) is 11.3 Å². The number of rotatable bonds is 7. The lowest BCUT2D eigenvalue weighted by atomic mass is 10.0. The van der Waals surface area contributed by atoms with E-state index >= 15 is 0 Å². The Balaban J connectivity index is 2.00. The quantitative estimate of drug-likeness (QED) is 0.800. The third kappa shape index (κ3) is 5.05. The number of halogens is 1. The van der Waals surface area contributed by atoms with Crippen LogP contribution in [-0.2, 0) is 11.3 Å². The van der Waals surface area contributed by atoms with Gasteiger partial charge >= 0.3 is 0 Å². The van der Waals surface area contributed by atoms with Gasteiger partial charge in [-0.1, -0.05) is 38.1 Å². The second-order valence-corrected chi connectivity index (χ2v) is 6.24. The highest BCUT2D eigenvalue weighted by molar-refractivity contribution is 5.97. The zero-order valence-electron chi connectivity index (χ0n) is 15.1. The van der Waals surface area contributed by atoms with Gasteiger partial charge in [-0.2, -0.15) is 0 Å². The molecule has 0 aromatic heterocycles. The van der Waals surface area contributed by atoms with Crippen molar-refractivity contribution in [1.29, 1.82) is 0 Å². The summed E-state index contributed by atoms with van der Waals surface area (Å²) in [6, 6.07) is 12.2. The van der Waals surface area contributed by atoms with E-state index in [1.165, 1.54) is 18.2 Å². The highest BCUT2D eigenvalue weighted by Gasteiger charge is 2.25. The van der Waals surface area contributed by atoms with Crippen LogP contribution in [0.25, 0.3) is 0 Å². The van der Waals surface area contributed by atoms with Crippen LogP contribution in [0.5, 0.6) is 5.75 Å². The summed E-state index contributed by atoms with van der Waals surface area (Å²) in [6.45, 7) is 3.96. The van der Waals surface area contributed by atoms with Crippen LogP contribution in [0.15, 0.2) is 48.5 Å². The van der Waals surface area contributed by atoms with Crippen molar-refractivity contribution in [3.63, 3.8) is 0 Å². The van der Waals surface area contributed by atoms with E-state index in [1.54, 1.807) is 25.3 Å². The SMILES string of the molecule is COc1ccc(CNC(=O)C(NC(=O)c2ccccc2F)C(C)C)cc1. The Labute approximate surface area is 152 Å². The molecule has 0 aliphatic rings. The van der Waals surface area contributed by atoms with Crippen LogP contribution in [0, 0.1) is 11.7 Å². The summed E-state index contributed by atoms with van der Waals surface area (Å²) in [4.78, 5) is 24.8. The first-order chi connectivity index (χ1) is 12.4. The van der Waals surface area contributed by atoms with Gasteiger partial charge in [-0.15, -0.1) is 0 Å². The standard InChI is InChI=1S/C20H23FN2O3/c1-13(2)18(23-19(24)16-6-4-5-7-17(16)21)20(25)22-12-14-8-10-15(26-3)11-9-14/h4-11,13,18H,12H2,1-3H3,(H,22,25)(H,23,24). The number of carbonyl (C=O) groups is 2. The Morgan fingerprint density at radius 3 is 2.31 bits per heavy atom. The predicted octanol–water partition coefficient (Wildman–Crippen LogP) is 2.91. The van der Waals surface area contributed by atoms with Crippen molar-refractivity contribution in [1.82, 2.24) is 10.6 Å². The molecule has 0 heterocycles. The Hall–Kier alpha value is -2.89. The van der Waals surface area contributed by atoms with E-state index in [1.807, 2.05) is 26.0 Å². The molecule has 0 fully saturated rings. The molecule has 2 N–H and O–H groups in total. The summed E-state index contributed by atoms with van der Waals surface area (Å²) in [7, 11) is 1.59. The smallest absolute Gasteiger partial charge is 0.254 e. The average Bonchev–Trinajstić information content (AvgIpc) is 2.64. The molecule has 2 rings (SSSR count). The molecule has 2 aromatic rings. The Morgan fingerprint density at radius 2 is 1.73 bits per heavy atom. The fourth-order valence-corrected chi connectivity index (χ4v) is 2.44. The number of ether oxygens (including phenoxy) is 1. The van der Waals surface area contributed by atoms with E-state index < -0.39 is 17.8 Å². The second kappa shape index (κ2) is 8.99. The van der Waals surface area contributed by atoms with E-state index in [9.17, 15) is 14.0 Å². The third-order valence-corrected chi connectivity index (χ3v) is 3.98. The molecule has 1 unspecified atom stereocenters. The van der Waals surface area contributed by atoms with Crippen LogP contribution in [0.2, 0.25) is 0 Å². The minimum Gasteiger partial charge on any atom is -0.497 e. The second-order valence-electron chi connectivity index (χ2n) is 6.24. The van der Waals surface area contributed by atoms with Gasteiger partial charge in [0.25, 0.3) is 5.91 Å². The van der Waals surface area contributed by atoms with Gasteiger partial charge in [0.05, 0.1) is 12.7 Å². The lowest BCUT2D eigenvalue weighted by Gasteiger charge is -2.22. The molecule has 1 atom stereocenters. The number of nitrogens with one attached hydrogen (secondary N) is 2. The molecule has 0 saturated carbocycles. The van der Waals surface area contributed by atoms with Crippen LogP contribution >= 0.6 is 0 Å². The number of methoxy groups -OCH3 is 1. The van der Waals surface area contributed by atoms with Crippen molar-refractivity contribution in [3.8, 4) is 5.75 Å². The van der Waals surface area contributed by atoms with Crippen molar-refractivity contribution in [2.75, 3.05) is 7.11 Å². The van der Waals surface area contributed by atoms with Crippen LogP contribution in [0.4, 0.5) is 4.39 Å². The van der Waals surface area contributed by atoms with Gasteiger partial charge in [0.2, 0.25) is 5.91 Å². The maximum absolute atomic E-state index is 13.8. The molecule has 0 radical (unpaired) electrons. The molecular formula is C20H23FN2O3. The number of amides is 2. The Bertz CT molecular complexity index is 760. The van der Waals surface area contributed by atoms with Gasteiger partial charge in [0.15, 0.2) is 0 Å². The van der Waals surface area contributed by atoms with Crippen molar-refractivity contribution >= 4 is 11.8 Å². The third-order valence-electron chi connectivity index (χ3n) is 3.98. The molecule has 0 aliphatic heterocycles. The molecule has 138 valence electrons. The molecule has 2 aromatic carbocycles. The zero-order chi connectivity index (χ0) is 19.1. The molecular weight excluding hydrogens is 335 g/mol. The Kier molecular flexibility index (Phi) is 6.72. The van der Waals surface area contributed by atoms with Crippen molar-refractivity contribution in [2.24, 2.45) is 5.92 Å². The largest absolute Gasteiger partial charge is 0.497 e. The molecule has 2 amide bonds. The zero-order valence-corrected chi connectivity index (χ0v) is 15.1. The van der Waals surface area contributed by atoms with Crippen LogP contribution in [0.3, 0.4) is 0 Å². The first-order valence-corrected chi connectivity index (χ1v) is 8.38. The highest BCUT2D eigenvalue weighted by Crippen LogP contribution is 2.12. The van der Waals surface area contributed by atoms with Crippen LogP contribution < -0.4 is 15.4 Å². The van der Waals surface area contributed by atoms with E-state index in [4.69, 9.17) is 4.74 Å². The van der Waals surface area contributed by atoms with Crippen molar-refractivity contribution in [3.05, 3.63) is 65.5 Å². The van der Waals surface area contributed by atoms with Gasteiger partial charge in [-0.3, -0.25) is 9.59 Å². The molecule has 0 spiro atoms. The maximum atomic E-state index is 13.8. The average molecular weight is 358 g/mol.